The zero-order chi connectivity index (χ0) is 16.8. The third-order valence-corrected chi connectivity index (χ3v) is 3.42. The van der Waals surface area contributed by atoms with Gasteiger partial charge in [-0.3, -0.25) is 4.79 Å². The lowest BCUT2D eigenvalue weighted by molar-refractivity contribution is -0.114. The number of hydrogen-bond acceptors (Lipinski definition) is 3. The zero-order valence-electron chi connectivity index (χ0n) is 12.6. The SMILES string of the molecule is COc1ccc(Cl)c(NC(=S)Nc2ccc(NC(C)=O)cc2)c1. The van der Waals surface area contributed by atoms with Crippen LogP contribution in [-0.4, -0.2) is 18.1 Å². The lowest BCUT2D eigenvalue weighted by Crippen LogP contribution is -2.19. The van der Waals surface area contributed by atoms with Crippen LogP contribution in [0.5, 0.6) is 5.75 Å². The summed E-state index contributed by atoms with van der Waals surface area (Å²) in [6.07, 6.45) is 0. The molecular weight excluding hydrogens is 334 g/mol. The Hall–Kier alpha value is -2.31. The molecule has 0 unspecified atom stereocenters. The molecule has 0 spiro atoms. The number of rotatable bonds is 4. The van der Waals surface area contributed by atoms with Gasteiger partial charge in [0.1, 0.15) is 5.75 Å². The number of amides is 1. The van der Waals surface area contributed by atoms with E-state index in [-0.39, 0.29) is 5.91 Å². The van der Waals surface area contributed by atoms with Crippen LogP contribution in [0.15, 0.2) is 42.5 Å². The largest absolute Gasteiger partial charge is 0.497 e. The van der Waals surface area contributed by atoms with E-state index in [1.54, 1.807) is 37.4 Å². The lowest BCUT2D eigenvalue weighted by atomic mass is 10.2. The molecule has 2 rings (SSSR count). The number of halogens is 1. The topological polar surface area (TPSA) is 62.4 Å². The fourth-order valence-corrected chi connectivity index (χ4v) is 2.24. The molecule has 0 aromatic heterocycles. The summed E-state index contributed by atoms with van der Waals surface area (Å²) < 4.78 is 5.16. The van der Waals surface area contributed by atoms with Crippen molar-refractivity contribution in [2.24, 2.45) is 0 Å². The van der Waals surface area contributed by atoms with E-state index in [2.05, 4.69) is 16.0 Å². The third-order valence-electron chi connectivity index (χ3n) is 2.88. The normalized spacial score (nSPS) is 9.87. The molecule has 0 bridgehead atoms. The summed E-state index contributed by atoms with van der Waals surface area (Å²) in [6.45, 7) is 1.46. The van der Waals surface area contributed by atoms with Gasteiger partial charge in [0.05, 0.1) is 17.8 Å². The summed E-state index contributed by atoms with van der Waals surface area (Å²) in [6, 6.07) is 12.4. The molecule has 0 heterocycles. The standard InChI is InChI=1S/C16H16ClN3O2S/c1-10(21)18-11-3-5-12(6-4-11)19-16(23)20-15-9-13(22-2)7-8-14(15)17/h3-9H,1-2H3,(H,18,21)(H2,19,20,23). The van der Waals surface area contributed by atoms with Gasteiger partial charge in [0.15, 0.2) is 5.11 Å². The Kier molecular flexibility index (Phi) is 5.78. The van der Waals surface area contributed by atoms with Gasteiger partial charge in [-0.2, -0.15) is 0 Å². The van der Waals surface area contributed by atoms with E-state index in [1.807, 2.05) is 12.1 Å². The quantitative estimate of drug-likeness (QED) is 0.725. The molecular formula is C16H16ClN3O2S. The second kappa shape index (κ2) is 7.80. The van der Waals surface area contributed by atoms with Crippen molar-refractivity contribution in [2.75, 3.05) is 23.1 Å². The van der Waals surface area contributed by atoms with E-state index in [0.717, 1.165) is 11.4 Å². The summed E-state index contributed by atoms with van der Waals surface area (Å²) >= 11 is 11.4. The van der Waals surface area contributed by atoms with Crippen molar-refractivity contribution in [1.29, 1.82) is 0 Å². The first-order chi connectivity index (χ1) is 11.0. The van der Waals surface area contributed by atoms with Gasteiger partial charge in [0.25, 0.3) is 0 Å². The van der Waals surface area contributed by atoms with Gasteiger partial charge in [-0.25, -0.2) is 0 Å². The average molecular weight is 350 g/mol. The molecule has 2 aromatic rings. The number of hydrogen-bond donors (Lipinski definition) is 3. The number of thiocarbonyl (C=S) groups is 1. The Balaban J connectivity index is 2.00. The maximum absolute atomic E-state index is 11.0. The van der Waals surface area contributed by atoms with Gasteiger partial charge in [-0.1, -0.05) is 11.6 Å². The first-order valence-corrected chi connectivity index (χ1v) is 7.56. The first kappa shape index (κ1) is 17.1. The van der Waals surface area contributed by atoms with E-state index in [4.69, 9.17) is 28.6 Å². The molecule has 0 radical (unpaired) electrons. The molecule has 2 aromatic carbocycles. The van der Waals surface area contributed by atoms with E-state index < -0.39 is 0 Å². The van der Waals surface area contributed by atoms with E-state index in [1.165, 1.54) is 6.92 Å². The van der Waals surface area contributed by atoms with E-state index in [0.29, 0.717) is 21.6 Å². The van der Waals surface area contributed by atoms with Crippen molar-refractivity contribution >= 4 is 51.9 Å². The molecule has 0 saturated heterocycles. The molecule has 0 atom stereocenters. The van der Waals surface area contributed by atoms with E-state index in [9.17, 15) is 4.79 Å². The van der Waals surface area contributed by atoms with Crippen LogP contribution in [0.3, 0.4) is 0 Å². The van der Waals surface area contributed by atoms with E-state index >= 15 is 0 Å². The van der Waals surface area contributed by atoms with Crippen LogP contribution in [0.25, 0.3) is 0 Å². The van der Waals surface area contributed by atoms with Gasteiger partial charge in [0.2, 0.25) is 5.91 Å². The van der Waals surface area contributed by atoms with Crippen LogP contribution < -0.4 is 20.7 Å². The summed E-state index contributed by atoms with van der Waals surface area (Å²) in [5, 5.41) is 9.70. The highest BCUT2D eigenvalue weighted by atomic mass is 35.5. The number of nitrogens with one attached hydrogen (secondary N) is 3. The van der Waals surface area contributed by atoms with Gasteiger partial charge < -0.3 is 20.7 Å². The molecule has 0 fully saturated rings. The van der Waals surface area contributed by atoms with Crippen LogP contribution in [0.2, 0.25) is 5.02 Å². The highest BCUT2D eigenvalue weighted by molar-refractivity contribution is 7.80. The smallest absolute Gasteiger partial charge is 0.221 e. The van der Waals surface area contributed by atoms with Gasteiger partial charge >= 0.3 is 0 Å². The van der Waals surface area contributed by atoms with Crippen LogP contribution in [0, 0.1) is 0 Å². The highest BCUT2D eigenvalue weighted by Crippen LogP contribution is 2.26. The monoisotopic (exact) mass is 349 g/mol. The Labute approximate surface area is 145 Å². The minimum atomic E-state index is -0.115. The number of carbonyl (C=O) groups is 1. The zero-order valence-corrected chi connectivity index (χ0v) is 14.2. The van der Waals surface area contributed by atoms with Crippen molar-refractivity contribution in [1.82, 2.24) is 0 Å². The predicted molar refractivity (Wildman–Crippen MR) is 98.6 cm³/mol. The first-order valence-electron chi connectivity index (χ1n) is 6.77. The number of benzene rings is 2. The molecule has 120 valence electrons. The molecule has 1 amide bonds. The molecule has 0 aliphatic rings. The highest BCUT2D eigenvalue weighted by Gasteiger charge is 2.05. The van der Waals surface area contributed by atoms with Crippen molar-refractivity contribution in [3.05, 3.63) is 47.5 Å². The minimum Gasteiger partial charge on any atom is -0.497 e. The summed E-state index contributed by atoms with van der Waals surface area (Å²) in [4.78, 5) is 11.0. The van der Waals surface area contributed by atoms with Gasteiger partial charge in [0, 0.05) is 24.4 Å². The molecule has 0 aliphatic heterocycles. The summed E-state index contributed by atoms with van der Waals surface area (Å²) in [7, 11) is 1.58. The summed E-state index contributed by atoms with van der Waals surface area (Å²) in [5.74, 6) is 0.565. The second-order valence-corrected chi connectivity index (χ2v) is 5.50. The lowest BCUT2D eigenvalue weighted by Gasteiger charge is -2.13. The Bertz CT molecular complexity index is 720. The number of anilines is 3. The number of methoxy groups -OCH3 is 1. The Morgan fingerprint density at radius 1 is 1.04 bits per heavy atom. The van der Waals surface area contributed by atoms with Crippen molar-refractivity contribution < 1.29 is 9.53 Å². The van der Waals surface area contributed by atoms with Crippen molar-refractivity contribution in [3.8, 4) is 5.75 Å². The molecule has 5 nitrogen and oxygen atoms in total. The number of ether oxygens (including phenoxy) is 1. The minimum absolute atomic E-state index is 0.115. The maximum atomic E-state index is 11.0. The Morgan fingerprint density at radius 3 is 2.22 bits per heavy atom. The molecule has 0 aliphatic carbocycles. The predicted octanol–water partition coefficient (Wildman–Crippen LogP) is 4.12. The molecule has 3 N–H and O–H groups in total. The fraction of sp³-hybridized carbons (Fsp3) is 0.125. The Morgan fingerprint density at radius 2 is 1.65 bits per heavy atom. The van der Waals surface area contributed by atoms with Gasteiger partial charge in [-0.05, 0) is 48.6 Å². The van der Waals surface area contributed by atoms with Crippen LogP contribution in [-0.2, 0) is 4.79 Å². The average Bonchev–Trinajstić information content (AvgIpc) is 2.51. The molecule has 0 saturated carbocycles. The maximum Gasteiger partial charge on any atom is 0.221 e. The van der Waals surface area contributed by atoms with Crippen LogP contribution in [0.4, 0.5) is 17.1 Å². The van der Waals surface area contributed by atoms with Crippen LogP contribution >= 0.6 is 23.8 Å². The number of carbonyl (C=O) groups excluding carboxylic acids is 1. The molecule has 7 heteroatoms. The summed E-state index contributed by atoms with van der Waals surface area (Å²) in [5.41, 5.74) is 2.16. The van der Waals surface area contributed by atoms with Crippen molar-refractivity contribution in [2.45, 2.75) is 6.92 Å². The third kappa shape index (κ3) is 5.12. The van der Waals surface area contributed by atoms with Crippen molar-refractivity contribution in [3.63, 3.8) is 0 Å². The van der Waals surface area contributed by atoms with Crippen LogP contribution in [0.1, 0.15) is 6.92 Å². The molecule has 23 heavy (non-hydrogen) atoms. The second-order valence-electron chi connectivity index (χ2n) is 4.68. The fourth-order valence-electron chi connectivity index (χ4n) is 1.85. The van der Waals surface area contributed by atoms with Gasteiger partial charge in [-0.15, -0.1) is 0 Å².